The van der Waals surface area contributed by atoms with Crippen molar-refractivity contribution < 1.29 is 19.1 Å². The largest absolute Gasteiger partial charge is 0.489 e. The number of nitrogens with zero attached hydrogens (tertiary/aromatic N) is 1. The topological polar surface area (TPSA) is 83.5 Å². The van der Waals surface area contributed by atoms with Gasteiger partial charge in [-0.3, -0.25) is 0 Å². The number of rotatable bonds is 4. The molecule has 1 N–H and O–H groups in total. The fourth-order valence-corrected chi connectivity index (χ4v) is 1.42. The molecule has 0 fully saturated rings. The fourth-order valence-electron chi connectivity index (χ4n) is 1.42. The van der Waals surface area contributed by atoms with E-state index in [4.69, 9.17) is 19.5 Å². The van der Waals surface area contributed by atoms with Gasteiger partial charge in [0, 0.05) is 5.56 Å². The monoisotopic (exact) mass is 243 g/mol. The van der Waals surface area contributed by atoms with E-state index < -0.39 is 5.97 Å². The second-order valence-corrected chi connectivity index (χ2v) is 3.50. The maximum Gasteiger partial charge on any atom is 0.372 e. The maximum absolute atomic E-state index is 10.8. The lowest BCUT2D eigenvalue weighted by molar-refractivity contribution is 0.0658. The molecule has 0 unspecified atom stereocenters. The SMILES string of the molecule is N#Cc1ccc(OCc2ccoc2C(=O)O)cc1. The minimum atomic E-state index is -1.13. The zero-order valence-corrected chi connectivity index (χ0v) is 9.29. The van der Waals surface area contributed by atoms with E-state index in [1.807, 2.05) is 6.07 Å². The third-order valence-corrected chi connectivity index (χ3v) is 2.32. The van der Waals surface area contributed by atoms with E-state index in [9.17, 15) is 4.79 Å². The van der Waals surface area contributed by atoms with Crippen LogP contribution in [-0.2, 0) is 6.61 Å². The number of furan rings is 1. The Balaban J connectivity index is 2.05. The molecule has 0 aliphatic rings. The number of carboxylic acids is 1. The van der Waals surface area contributed by atoms with E-state index in [-0.39, 0.29) is 12.4 Å². The zero-order chi connectivity index (χ0) is 13.0. The van der Waals surface area contributed by atoms with Crippen LogP contribution in [0.3, 0.4) is 0 Å². The van der Waals surface area contributed by atoms with E-state index in [0.717, 1.165) is 0 Å². The van der Waals surface area contributed by atoms with Crippen molar-refractivity contribution in [3.05, 3.63) is 53.5 Å². The van der Waals surface area contributed by atoms with Crippen LogP contribution in [0.15, 0.2) is 41.0 Å². The molecule has 0 atom stereocenters. The molecule has 1 heterocycles. The van der Waals surface area contributed by atoms with E-state index in [2.05, 4.69) is 0 Å². The van der Waals surface area contributed by atoms with E-state index >= 15 is 0 Å². The van der Waals surface area contributed by atoms with Gasteiger partial charge in [-0.05, 0) is 30.3 Å². The maximum atomic E-state index is 10.8. The minimum Gasteiger partial charge on any atom is -0.489 e. The summed E-state index contributed by atoms with van der Waals surface area (Å²) < 4.78 is 10.2. The average Bonchev–Trinajstić information content (AvgIpc) is 2.85. The number of nitriles is 1. The van der Waals surface area contributed by atoms with Crippen molar-refractivity contribution >= 4 is 5.97 Å². The highest BCUT2D eigenvalue weighted by atomic mass is 16.5. The molecule has 0 saturated heterocycles. The minimum absolute atomic E-state index is 0.101. The molecule has 90 valence electrons. The molecule has 0 spiro atoms. The molecule has 18 heavy (non-hydrogen) atoms. The summed E-state index contributed by atoms with van der Waals surface area (Å²) in [5.74, 6) is -0.686. The lowest BCUT2D eigenvalue weighted by Gasteiger charge is -2.04. The first-order valence-electron chi connectivity index (χ1n) is 5.13. The third kappa shape index (κ3) is 2.50. The Morgan fingerprint density at radius 2 is 2.06 bits per heavy atom. The summed E-state index contributed by atoms with van der Waals surface area (Å²) in [7, 11) is 0. The molecule has 5 heteroatoms. The Morgan fingerprint density at radius 1 is 1.33 bits per heavy atom. The number of hydrogen-bond donors (Lipinski definition) is 1. The molecule has 1 aromatic heterocycles. The van der Waals surface area contributed by atoms with Crippen LogP contribution in [0.1, 0.15) is 21.7 Å². The van der Waals surface area contributed by atoms with Gasteiger partial charge in [0.1, 0.15) is 12.4 Å². The lowest BCUT2D eigenvalue weighted by Crippen LogP contribution is -2.02. The fraction of sp³-hybridized carbons (Fsp3) is 0.0769. The van der Waals surface area contributed by atoms with Gasteiger partial charge < -0.3 is 14.3 Å². The Hall–Kier alpha value is -2.74. The summed E-state index contributed by atoms with van der Waals surface area (Å²) in [5, 5.41) is 17.5. The second kappa shape index (κ2) is 5.06. The van der Waals surface area contributed by atoms with Crippen molar-refractivity contribution in [2.45, 2.75) is 6.61 Å². The summed E-state index contributed by atoms with van der Waals surface area (Å²) >= 11 is 0. The predicted molar refractivity (Wildman–Crippen MR) is 61.2 cm³/mol. The molecule has 0 radical (unpaired) electrons. The van der Waals surface area contributed by atoms with Crippen LogP contribution in [0.4, 0.5) is 0 Å². The van der Waals surface area contributed by atoms with Gasteiger partial charge in [0.15, 0.2) is 0 Å². The molecule has 2 rings (SSSR count). The van der Waals surface area contributed by atoms with Gasteiger partial charge >= 0.3 is 5.97 Å². The molecule has 2 aromatic rings. The Kier molecular flexibility index (Phi) is 3.30. The quantitative estimate of drug-likeness (QED) is 0.891. The van der Waals surface area contributed by atoms with Gasteiger partial charge in [-0.1, -0.05) is 0 Å². The van der Waals surface area contributed by atoms with Gasteiger partial charge in [-0.2, -0.15) is 5.26 Å². The van der Waals surface area contributed by atoms with Gasteiger partial charge in [0.05, 0.1) is 17.9 Å². The van der Waals surface area contributed by atoms with Crippen LogP contribution in [-0.4, -0.2) is 11.1 Å². The van der Waals surface area contributed by atoms with Crippen molar-refractivity contribution in [1.82, 2.24) is 0 Å². The van der Waals surface area contributed by atoms with Crippen molar-refractivity contribution in [1.29, 1.82) is 5.26 Å². The first-order valence-corrected chi connectivity index (χ1v) is 5.13. The number of benzene rings is 1. The molecule has 0 aliphatic carbocycles. The Morgan fingerprint density at radius 3 is 2.67 bits per heavy atom. The predicted octanol–water partition coefficient (Wildman–Crippen LogP) is 2.43. The molecule has 0 saturated carbocycles. The molecule has 0 bridgehead atoms. The van der Waals surface area contributed by atoms with Crippen molar-refractivity contribution in [2.24, 2.45) is 0 Å². The highest BCUT2D eigenvalue weighted by Gasteiger charge is 2.14. The Bertz CT molecular complexity index is 592. The number of hydrogen-bond acceptors (Lipinski definition) is 4. The molecule has 5 nitrogen and oxygen atoms in total. The van der Waals surface area contributed by atoms with Crippen LogP contribution in [0.2, 0.25) is 0 Å². The highest BCUT2D eigenvalue weighted by molar-refractivity contribution is 5.86. The molecule has 0 aliphatic heterocycles. The highest BCUT2D eigenvalue weighted by Crippen LogP contribution is 2.16. The molecule has 0 amide bonds. The Labute approximate surface area is 103 Å². The molecular formula is C13H9NO4. The molecule has 1 aromatic carbocycles. The first-order chi connectivity index (χ1) is 8.70. The van der Waals surface area contributed by atoms with E-state index in [1.165, 1.54) is 6.26 Å². The van der Waals surface area contributed by atoms with Crippen molar-refractivity contribution in [3.63, 3.8) is 0 Å². The van der Waals surface area contributed by atoms with Crippen LogP contribution in [0.5, 0.6) is 5.75 Å². The smallest absolute Gasteiger partial charge is 0.372 e. The van der Waals surface area contributed by atoms with Crippen molar-refractivity contribution in [2.75, 3.05) is 0 Å². The third-order valence-electron chi connectivity index (χ3n) is 2.32. The first kappa shape index (κ1) is 11.7. The normalized spacial score (nSPS) is 9.72. The van der Waals surface area contributed by atoms with Crippen LogP contribution in [0, 0.1) is 11.3 Å². The summed E-state index contributed by atoms with van der Waals surface area (Å²) in [5.41, 5.74) is 1.00. The number of carbonyl (C=O) groups is 1. The summed E-state index contributed by atoms with van der Waals surface area (Å²) in [6.07, 6.45) is 1.31. The molecular weight excluding hydrogens is 234 g/mol. The number of aromatic carboxylic acids is 1. The van der Waals surface area contributed by atoms with E-state index in [0.29, 0.717) is 16.9 Å². The van der Waals surface area contributed by atoms with Crippen LogP contribution in [0.25, 0.3) is 0 Å². The second-order valence-electron chi connectivity index (χ2n) is 3.50. The average molecular weight is 243 g/mol. The number of carboxylic acid groups (broad SMARTS) is 1. The standard InChI is InChI=1S/C13H9NO4/c14-7-9-1-3-11(4-2-9)18-8-10-5-6-17-12(10)13(15)16/h1-6H,8H2,(H,15,16). The van der Waals surface area contributed by atoms with Crippen LogP contribution >= 0.6 is 0 Å². The van der Waals surface area contributed by atoms with Gasteiger partial charge in [0.25, 0.3) is 0 Å². The lowest BCUT2D eigenvalue weighted by atomic mass is 10.2. The zero-order valence-electron chi connectivity index (χ0n) is 9.29. The summed E-state index contributed by atoms with van der Waals surface area (Å²) in [4.78, 5) is 10.8. The van der Waals surface area contributed by atoms with Crippen molar-refractivity contribution in [3.8, 4) is 11.8 Å². The number of ether oxygens (including phenoxy) is 1. The summed E-state index contributed by atoms with van der Waals surface area (Å²) in [6.45, 7) is 0.101. The van der Waals surface area contributed by atoms with Gasteiger partial charge in [-0.25, -0.2) is 4.79 Å². The van der Waals surface area contributed by atoms with E-state index in [1.54, 1.807) is 30.3 Å². The summed E-state index contributed by atoms with van der Waals surface area (Å²) in [6, 6.07) is 10.1. The van der Waals surface area contributed by atoms with Crippen LogP contribution < -0.4 is 4.74 Å². The van der Waals surface area contributed by atoms with Gasteiger partial charge in [0.2, 0.25) is 5.76 Å². The van der Waals surface area contributed by atoms with Gasteiger partial charge in [-0.15, -0.1) is 0 Å².